The number of rotatable bonds is 9. The van der Waals surface area contributed by atoms with Crippen LogP contribution in [0.1, 0.15) is 15.9 Å². The molecule has 4 rings (SSSR count). The van der Waals surface area contributed by atoms with E-state index in [1.165, 1.54) is 40.7 Å². The monoisotopic (exact) mass is 647 g/mol. The van der Waals surface area contributed by atoms with E-state index in [2.05, 4.69) is 26.0 Å². The van der Waals surface area contributed by atoms with Crippen molar-refractivity contribution in [2.75, 3.05) is 20.6 Å². The number of hydrogen-bond acceptors (Lipinski definition) is 5. The van der Waals surface area contributed by atoms with Crippen LogP contribution in [-0.2, 0) is 26.6 Å². The Labute approximate surface area is 240 Å². The maximum absolute atomic E-state index is 12.8. The number of nitrogens with one attached hydrogen (secondary N) is 2. The molecular weight excluding hydrogens is 626 g/mol. The molecule has 0 aliphatic carbocycles. The molecule has 8 nitrogen and oxygen atoms in total. The first-order valence-corrected chi connectivity index (χ1v) is 15.9. The summed E-state index contributed by atoms with van der Waals surface area (Å²) in [6.07, 6.45) is 1.11. The van der Waals surface area contributed by atoms with E-state index in [-0.39, 0.29) is 11.4 Å². The summed E-state index contributed by atoms with van der Waals surface area (Å²) in [5.41, 5.74) is 2.27. The largest absolute Gasteiger partial charge is 0.322 e. The van der Waals surface area contributed by atoms with E-state index >= 15 is 0 Å². The molecule has 0 spiro atoms. The van der Waals surface area contributed by atoms with Gasteiger partial charge >= 0.3 is 0 Å². The van der Waals surface area contributed by atoms with E-state index in [0.29, 0.717) is 27.6 Å². The molecule has 0 saturated carbocycles. The second-order valence-corrected chi connectivity index (χ2v) is 13.5. The molecule has 0 unspecified atom stereocenters. The lowest BCUT2D eigenvalue weighted by atomic mass is 10.1. The molecule has 0 aliphatic rings. The maximum Gasteiger partial charge on any atom is 0.261 e. The van der Waals surface area contributed by atoms with Gasteiger partial charge in [0.25, 0.3) is 15.9 Å². The summed E-state index contributed by atoms with van der Waals surface area (Å²) in [4.78, 5) is 12.8. The van der Waals surface area contributed by atoms with Crippen molar-refractivity contribution in [2.45, 2.75) is 11.4 Å². The first-order chi connectivity index (χ1) is 18.4. The van der Waals surface area contributed by atoms with Gasteiger partial charge in [-0.1, -0.05) is 39.7 Å². The number of halogens is 2. The van der Waals surface area contributed by atoms with Crippen LogP contribution >= 0.6 is 27.5 Å². The van der Waals surface area contributed by atoms with E-state index in [4.69, 9.17) is 11.6 Å². The number of amides is 1. The molecule has 39 heavy (non-hydrogen) atoms. The zero-order chi connectivity index (χ0) is 28.2. The molecule has 4 aromatic carbocycles. The summed E-state index contributed by atoms with van der Waals surface area (Å²) in [5.74, 6) is -0.436. The van der Waals surface area contributed by atoms with Crippen LogP contribution in [-0.4, -0.2) is 29.0 Å². The Morgan fingerprint density at radius 1 is 0.795 bits per heavy atom. The van der Waals surface area contributed by atoms with Gasteiger partial charge in [-0.25, -0.2) is 16.8 Å². The summed E-state index contributed by atoms with van der Waals surface area (Å²) < 4.78 is 54.8. The lowest BCUT2D eigenvalue weighted by molar-refractivity contribution is 0.102. The first-order valence-electron chi connectivity index (χ1n) is 11.4. The maximum atomic E-state index is 12.8. The van der Waals surface area contributed by atoms with E-state index in [9.17, 15) is 21.6 Å². The minimum Gasteiger partial charge on any atom is -0.322 e. The van der Waals surface area contributed by atoms with Crippen LogP contribution in [0.3, 0.4) is 0 Å². The van der Waals surface area contributed by atoms with E-state index in [1.807, 2.05) is 0 Å². The highest BCUT2D eigenvalue weighted by atomic mass is 79.9. The average molecular weight is 649 g/mol. The number of anilines is 3. The molecule has 2 N–H and O–H groups in total. The Morgan fingerprint density at radius 2 is 1.36 bits per heavy atom. The first kappa shape index (κ1) is 28.6. The highest BCUT2D eigenvalue weighted by Gasteiger charge is 2.19. The molecule has 0 radical (unpaired) electrons. The number of hydrogen-bond donors (Lipinski definition) is 2. The Kier molecular flexibility index (Phi) is 8.65. The topological polar surface area (TPSA) is 113 Å². The van der Waals surface area contributed by atoms with Gasteiger partial charge in [-0.3, -0.25) is 13.8 Å². The minimum atomic E-state index is -3.81. The smallest absolute Gasteiger partial charge is 0.261 e. The summed E-state index contributed by atoms with van der Waals surface area (Å²) in [5, 5.41) is 3.26. The molecule has 0 atom stereocenters. The van der Waals surface area contributed by atoms with Gasteiger partial charge < -0.3 is 5.32 Å². The molecule has 0 heterocycles. The summed E-state index contributed by atoms with van der Waals surface area (Å²) in [6, 6.07) is 25.5. The van der Waals surface area contributed by atoms with E-state index < -0.39 is 26.0 Å². The number of carbonyl (C=O) groups is 1. The van der Waals surface area contributed by atoms with Gasteiger partial charge in [0.05, 0.1) is 23.4 Å². The van der Waals surface area contributed by atoms with Gasteiger partial charge in [-0.2, -0.15) is 0 Å². The molecule has 0 aromatic heterocycles. The van der Waals surface area contributed by atoms with Crippen LogP contribution in [0.4, 0.5) is 17.1 Å². The van der Waals surface area contributed by atoms with Gasteiger partial charge in [-0.15, -0.1) is 0 Å². The van der Waals surface area contributed by atoms with Gasteiger partial charge in [0, 0.05) is 26.4 Å². The molecule has 0 aliphatic heterocycles. The van der Waals surface area contributed by atoms with E-state index in [0.717, 1.165) is 16.3 Å². The minimum absolute atomic E-state index is 0.0364. The normalized spacial score (nSPS) is 11.6. The van der Waals surface area contributed by atoms with Crippen molar-refractivity contribution < 1.29 is 21.6 Å². The standard InChI is InChI=1S/C27H23BrClN3O5S2/c1-38(34,35)32(18-19-2-8-22(29)9-3-19)25-14-4-20(5-15-25)27(33)30-23-12-16-26(17-13-23)39(36,37)31-24-10-6-21(28)7-11-24/h2-17,31H,18H2,1H3,(H,30,33). The number of nitrogens with zero attached hydrogens (tertiary/aromatic N) is 1. The quantitative estimate of drug-likeness (QED) is 0.227. The molecule has 4 aromatic rings. The van der Waals surface area contributed by atoms with Crippen LogP contribution < -0.4 is 14.3 Å². The number of benzene rings is 4. The van der Waals surface area contributed by atoms with Crippen LogP contribution in [0.2, 0.25) is 5.02 Å². The lowest BCUT2D eigenvalue weighted by Crippen LogP contribution is -2.29. The zero-order valence-corrected chi connectivity index (χ0v) is 24.5. The molecule has 0 fully saturated rings. The van der Waals surface area contributed by atoms with Gasteiger partial charge in [0.1, 0.15) is 0 Å². The van der Waals surface area contributed by atoms with Crippen molar-refractivity contribution in [1.29, 1.82) is 0 Å². The second-order valence-electron chi connectivity index (χ2n) is 8.53. The third-order valence-electron chi connectivity index (χ3n) is 5.58. The van der Waals surface area contributed by atoms with Crippen LogP contribution in [0.15, 0.2) is 106 Å². The average Bonchev–Trinajstić information content (AvgIpc) is 2.89. The fourth-order valence-electron chi connectivity index (χ4n) is 3.59. The summed E-state index contributed by atoms with van der Waals surface area (Å²) in [6.45, 7) is 0.105. The van der Waals surface area contributed by atoms with Crippen LogP contribution in [0.5, 0.6) is 0 Å². The molecule has 0 saturated heterocycles. The third-order valence-corrected chi connectivity index (χ3v) is 8.89. The number of carbonyl (C=O) groups excluding carboxylic acids is 1. The van der Waals surface area contributed by atoms with Crippen molar-refractivity contribution in [3.05, 3.63) is 118 Å². The van der Waals surface area contributed by atoms with Crippen LogP contribution in [0.25, 0.3) is 0 Å². The SMILES string of the molecule is CS(=O)(=O)N(Cc1ccc(Cl)cc1)c1ccc(C(=O)Nc2ccc(S(=O)(=O)Nc3ccc(Br)cc3)cc2)cc1. The Morgan fingerprint density at radius 3 is 1.92 bits per heavy atom. The Balaban J connectivity index is 1.44. The van der Waals surface area contributed by atoms with Crippen molar-refractivity contribution >= 4 is 70.5 Å². The summed E-state index contributed by atoms with van der Waals surface area (Å²) >= 11 is 9.23. The lowest BCUT2D eigenvalue weighted by Gasteiger charge is -2.23. The van der Waals surface area contributed by atoms with Gasteiger partial charge in [0.15, 0.2) is 0 Å². The van der Waals surface area contributed by atoms with Crippen LogP contribution in [0, 0.1) is 0 Å². The van der Waals surface area contributed by atoms with E-state index in [1.54, 1.807) is 60.7 Å². The predicted octanol–water partition coefficient (Wildman–Crippen LogP) is 6.12. The van der Waals surface area contributed by atoms with Crippen molar-refractivity contribution in [3.8, 4) is 0 Å². The van der Waals surface area contributed by atoms with Crippen molar-refractivity contribution in [1.82, 2.24) is 0 Å². The highest BCUT2D eigenvalue weighted by Crippen LogP contribution is 2.24. The van der Waals surface area contributed by atoms with Crippen molar-refractivity contribution in [3.63, 3.8) is 0 Å². The third kappa shape index (κ3) is 7.60. The number of sulfonamides is 2. The Hall–Kier alpha value is -3.38. The molecule has 1 amide bonds. The van der Waals surface area contributed by atoms with Gasteiger partial charge in [0.2, 0.25) is 10.0 Å². The summed E-state index contributed by atoms with van der Waals surface area (Å²) in [7, 11) is -7.41. The van der Waals surface area contributed by atoms with Gasteiger partial charge in [-0.05, 0) is 90.5 Å². The molecule has 0 bridgehead atoms. The zero-order valence-electron chi connectivity index (χ0n) is 20.5. The fourth-order valence-corrected chi connectivity index (χ4v) is 5.92. The Bertz CT molecular complexity index is 1680. The molecular formula is C27H23BrClN3O5S2. The fraction of sp³-hybridized carbons (Fsp3) is 0.0741. The molecule has 202 valence electrons. The molecule has 12 heteroatoms. The second kappa shape index (κ2) is 11.8. The highest BCUT2D eigenvalue weighted by molar-refractivity contribution is 9.10. The van der Waals surface area contributed by atoms with Crippen molar-refractivity contribution in [2.24, 2.45) is 0 Å². The predicted molar refractivity (Wildman–Crippen MR) is 158 cm³/mol.